The fraction of sp³-hybridized carbons (Fsp3) is 0. The Balaban J connectivity index is 1.19. The summed E-state index contributed by atoms with van der Waals surface area (Å²) in [6.45, 7) is 0. The summed E-state index contributed by atoms with van der Waals surface area (Å²) >= 11 is 1.76. The van der Waals surface area contributed by atoms with E-state index in [0.717, 1.165) is 27.6 Å². The molecular weight excluding hydrogens is 567 g/mol. The van der Waals surface area contributed by atoms with Gasteiger partial charge in [-0.05, 0) is 83.9 Å². The molecule has 6 aromatic carbocycles. The first-order chi connectivity index (χ1) is 22.3. The number of nitrogens with zero attached hydrogens (tertiary/aromatic N) is 3. The number of thiophene rings is 1. The largest absolute Gasteiger partial charge is 0.310 e. The molecular formula is C41H27N3S. The molecule has 0 saturated heterocycles. The van der Waals surface area contributed by atoms with Crippen LogP contribution < -0.4 is 4.90 Å². The van der Waals surface area contributed by atoms with Gasteiger partial charge in [0.2, 0.25) is 0 Å². The van der Waals surface area contributed by atoms with E-state index in [9.17, 15) is 0 Å². The molecule has 0 aliphatic carbocycles. The lowest BCUT2D eigenvalue weighted by atomic mass is 10.0. The van der Waals surface area contributed by atoms with Gasteiger partial charge in [-0.3, -0.25) is 0 Å². The monoisotopic (exact) mass is 593 g/mol. The first-order valence-corrected chi connectivity index (χ1v) is 16.0. The van der Waals surface area contributed by atoms with Gasteiger partial charge in [0.25, 0.3) is 0 Å². The van der Waals surface area contributed by atoms with Crippen LogP contribution in [-0.2, 0) is 0 Å². The zero-order valence-electron chi connectivity index (χ0n) is 24.3. The van der Waals surface area contributed by atoms with Gasteiger partial charge in [-0.1, -0.05) is 84.9 Å². The molecule has 0 atom stereocenters. The van der Waals surface area contributed by atoms with Crippen LogP contribution >= 0.6 is 11.3 Å². The number of benzene rings is 6. The normalized spacial score (nSPS) is 11.6. The maximum Gasteiger partial charge on any atom is 0.125 e. The van der Waals surface area contributed by atoms with E-state index in [1.165, 1.54) is 48.4 Å². The van der Waals surface area contributed by atoms with Gasteiger partial charge in [-0.15, -0.1) is 11.3 Å². The van der Waals surface area contributed by atoms with Gasteiger partial charge in [0.1, 0.15) is 4.83 Å². The highest BCUT2D eigenvalue weighted by Gasteiger charge is 2.17. The van der Waals surface area contributed by atoms with Gasteiger partial charge in [0.05, 0.1) is 11.0 Å². The molecule has 45 heavy (non-hydrogen) atoms. The van der Waals surface area contributed by atoms with Gasteiger partial charge in [-0.25, -0.2) is 4.98 Å². The molecule has 9 aromatic rings. The van der Waals surface area contributed by atoms with Crippen molar-refractivity contribution in [2.24, 2.45) is 0 Å². The zero-order valence-corrected chi connectivity index (χ0v) is 25.2. The maximum atomic E-state index is 4.70. The minimum absolute atomic E-state index is 1.08. The third kappa shape index (κ3) is 4.22. The molecule has 0 aliphatic heterocycles. The fourth-order valence-electron chi connectivity index (χ4n) is 6.66. The number of hydrogen-bond donors (Lipinski definition) is 0. The highest BCUT2D eigenvalue weighted by Crippen LogP contribution is 2.41. The predicted molar refractivity (Wildman–Crippen MR) is 192 cm³/mol. The summed E-state index contributed by atoms with van der Waals surface area (Å²) in [5.74, 6) is 0. The van der Waals surface area contributed by atoms with Gasteiger partial charge >= 0.3 is 0 Å². The average molecular weight is 594 g/mol. The predicted octanol–water partition coefficient (Wildman–Crippen LogP) is 11.7. The molecule has 0 bridgehead atoms. The molecule has 3 nitrogen and oxygen atoms in total. The minimum atomic E-state index is 1.08. The summed E-state index contributed by atoms with van der Waals surface area (Å²) in [7, 11) is 0. The van der Waals surface area contributed by atoms with E-state index in [2.05, 4.69) is 167 Å². The summed E-state index contributed by atoms with van der Waals surface area (Å²) in [4.78, 5) is 8.10. The van der Waals surface area contributed by atoms with E-state index in [1.54, 1.807) is 11.3 Å². The summed E-state index contributed by atoms with van der Waals surface area (Å²) in [6.07, 6.45) is 1.93. The van der Waals surface area contributed by atoms with Crippen LogP contribution in [0.4, 0.5) is 17.1 Å². The molecule has 0 aliphatic rings. The molecule has 9 rings (SSSR count). The molecule has 0 unspecified atom stereocenters. The Morgan fingerprint density at radius 3 is 1.91 bits per heavy atom. The summed E-state index contributed by atoms with van der Waals surface area (Å²) in [5, 5.41) is 4.96. The van der Waals surface area contributed by atoms with Crippen molar-refractivity contribution in [3.05, 3.63) is 164 Å². The Hall–Kier alpha value is -5.71. The van der Waals surface area contributed by atoms with Crippen LogP contribution in [0.15, 0.2) is 164 Å². The minimum Gasteiger partial charge on any atom is -0.310 e. The second-order valence-corrected chi connectivity index (χ2v) is 12.3. The van der Waals surface area contributed by atoms with Crippen LogP contribution in [0, 0.1) is 0 Å². The van der Waals surface area contributed by atoms with Crippen LogP contribution in [-0.4, -0.2) is 9.55 Å². The number of fused-ring (bicyclic) bond motifs is 6. The van der Waals surface area contributed by atoms with Crippen molar-refractivity contribution >= 4 is 70.5 Å². The molecule has 3 aromatic heterocycles. The van der Waals surface area contributed by atoms with Crippen molar-refractivity contribution in [1.29, 1.82) is 0 Å². The van der Waals surface area contributed by atoms with Gasteiger partial charge in [0, 0.05) is 55.2 Å². The van der Waals surface area contributed by atoms with Crippen molar-refractivity contribution in [2.75, 3.05) is 4.90 Å². The SMILES string of the molecule is c1ccc(N(c2ccccc2)c2ccc3c(c2)c2ccccc2n3-c2ccc(-c3ccnc4sc5ccccc5c34)cc2)cc1. The Labute approximate surface area is 264 Å². The third-order valence-electron chi connectivity index (χ3n) is 8.66. The number of anilines is 3. The van der Waals surface area contributed by atoms with E-state index in [1.807, 2.05) is 6.20 Å². The lowest BCUT2D eigenvalue weighted by molar-refractivity contribution is 1.18. The Morgan fingerprint density at radius 2 is 1.16 bits per heavy atom. The third-order valence-corrected chi connectivity index (χ3v) is 9.74. The molecule has 0 amide bonds. The second-order valence-electron chi connectivity index (χ2n) is 11.2. The first-order valence-electron chi connectivity index (χ1n) is 15.1. The van der Waals surface area contributed by atoms with Crippen molar-refractivity contribution in [2.45, 2.75) is 0 Å². The quantitative estimate of drug-likeness (QED) is 0.198. The topological polar surface area (TPSA) is 21.1 Å². The van der Waals surface area contributed by atoms with Crippen LogP contribution in [0.1, 0.15) is 0 Å². The second kappa shape index (κ2) is 10.5. The van der Waals surface area contributed by atoms with Crippen molar-refractivity contribution in [1.82, 2.24) is 9.55 Å². The zero-order chi connectivity index (χ0) is 29.7. The molecule has 0 radical (unpaired) electrons. The van der Waals surface area contributed by atoms with Gasteiger partial charge in [0.15, 0.2) is 0 Å². The van der Waals surface area contributed by atoms with E-state index in [4.69, 9.17) is 4.98 Å². The molecule has 212 valence electrons. The lowest BCUT2D eigenvalue weighted by Crippen LogP contribution is -2.09. The molecule has 0 fully saturated rings. The molecule has 0 N–H and O–H groups in total. The molecule has 0 saturated carbocycles. The van der Waals surface area contributed by atoms with Crippen molar-refractivity contribution in [3.63, 3.8) is 0 Å². The standard InChI is InChI=1S/C41H27N3S/c1-3-11-29(12-4-1)43(30-13-5-2-6-14-30)32-23-24-38-36(27-32)34-15-7-9-17-37(34)44(38)31-21-19-28(20-22-31)33-25-26-42-41-40(33)35-16-8-10-18-39(35)45-41/h1-27H. The van der Waals surface area contributed by atoms with E-state index >= 15 is 0 Å². The Morgan fingerprint density at radius 1 is 0.511 bits per heavy atom. The van der Waals surface area contributed by atoms with Gasteiger partial charge in [-0.2, -0.15) is 0 Å². The molecule has 3 heterocycles. The summed E-state index contributed by atoms with van der Waals surface area (Å²) in [5.41, 5.74) is 9.32. The van der Waals surface area contributed by atoms with E-state index < -0.39 is 0 Å². The van der Waals surface area contributed by atoms with Crippen LogP contribution in [0.5, 0.6) is 0 Å². The van der Waals surface area contributed by atoms with Crippen molar-refractivity contribution < 1.29 is 0 Å². The Kier molecular flexibility index (Phi) is 6.00. The number of pyridine rings is 1. The fourth-order valence-corrected chi connectivity index (χ4v) is 7.73. The van der Waals surface area contributed by atoms with Crippen LogP contribution in [0.25, 0.3) is 58.9 Å². The first kappa shape index (κ1) is 25.8. The molecule has 0 spiro atoms. The van der Waals surface area contributed by atoms with E-state index in [0.29, 0.717) is 0 Å². The average Bonchev–Trinajstić information content (AvgIpc) is 3.65. The Bertz CT molecular complexity index is 2440. The van der Waals surface area contributed by atoms with E-state index in [-0.39, 0.29) is 0 Å². The van der Waals surface area contributed by atoms with Gasteiger partial charge < -0.3 is 9.47 Å². The molecule has 4 heteroatoms. The number of rotatable bonds is 5. The summed E-state index contributed by atoms with van der Waals surface area (Å²) < 4.78 is 3.65. The highest BCUT2D eigenvalue weighted by molar-refractivity contribution is 7.25. The number of aromatic nitrogens is 2. The lowest BCUT2D eigenvalue weighted by Gasteiger charge is -2.25. The van der Waals surface area contributed by atoms with Crippen LogP contribution in [0.2, 0.25) is 0 Å². The maximum absolute atomic E-state index is 4.70. The van der Waals surface area contributed by atoms with Crippen LogP contribution in [0.3, 0.4) is 0 Å². The highest BCUT2D eigenvalue weighted by atomic mass is 32.1. The summed E-state index contributed by atoms with van der Waals surface area (Å²) in [6, 6.07) is 56.4. The number of para-hydroxylation sites is 3. The smallest absolute Gasteiger partial charge is 0.125 e. The van der Waals surface area contributed by atoms with Crippen molar-refractivity contribution in [3.8, 4) is 16.8 Å². The number of hydrogen-bond acceptors (Lipinski definition) is 3.